The standard InChI is InChI=1S/C15H25NO2/c1-5-16(12-15(3,4)17)11-13-8-7-9-14(10-13)18-6-2/h7-10,17H,5-6,11-12H2,1-4H3. The van der Waals surface area contributed by atoms with E-state index in [1.807, 2.05) is 32.9 Å². The quantitative estimate of drug-likeness (QED) is 0.808. The van der Waals surface area contributed by atoms with Crippen LogP contribution in [0.25, 0.3) is 0 Å². The summed E-state index contributed by atoms with van der Waals surface area (Å²) in [6.45, 7) is 10.9. The Labute approximate surface area is 110 Å². The molecule has 1 aromatic rings. The topological polar surface area (TPSA) is 32.7 Å². The summed E-state index contributed by atoms with van der Waals surface area (Å²) in [5, 5.41) is 9.87. The lowest BCUT2D eigenvalue weighted by molar-refractivity contribution is 0.0353. The second-order valence-electron chi connectivity index (χ2n) is 5.20. The summed E-state index contributed by atoms with van der Waals surface area (Å²) >= 11 is 0. The summed E-state index contributed by atoms with van der Waals surface area (Å²) < 4.78 is 5.49. The van der Waals surface area contributed by atoms with Crippen molar-refractivity contribution in [3.63, 3.8) is 0 Å². The monoisotopic (exact) mass is 251 g/mol. The fraction of sp³-hybridized carbons (Fsp3) is 0.600. The molecule has 1 aromatic carbocycles. The van der Waals surface area contributed by atoms with Gasteiger partial charge in [-0.3, -0.25) is 4.90 Å². The second kappa shape index (κ2) is 6.76. The van der Waals surface area contributed by atoms with Crippen LogP contribution in [-0.4, -0.2) is 35.3 Å². The van der Waals surface area contributed by atoms with Gasteiger partial charge in [0, 0.05) is 13.1 Å². The Morgan fingerprint density at radius 1 is 1.28 bits per heavy atom. The molecular weight excluding hydrogens is 226 g/mol. The molecule has 0 aliphatic heterocycles. The number of hydrogen-bond acceptors (Lipinski definition) is 3. The summed E-state index contributed by atoms with van der Waals surface area (Å²) in [6.07, 6.45) is 0. The van der Waals surface area contributed by atoms with E-state index in [0.29, 0.717) is 13.2 Å². The van der Waals surface area contributed by atoms with Crippen molar-refractivity contribution >= 4 is 0 Å². The first kappa shape index (κ1) is 15.0. The number of nitrogens with zero attached hydrogens (tertiary/aromatic N) is 1. The second-order valence-corrected chi connectivity index (χ2v) is 5.20. The van der Waals surface area contributed by atoms with Crippen LogP contribution >= 0.6 is 0 Å². The first-order chi connectivity index (χ1) is 8.44. The lowest BCUT2D eigenvalue weighted by atomic mass is 10.1. The average molecular weight is 251 g/mol. The molecule has 0 fully saturated rings. The molecule has 0 aromatic heterocycles. The third-order valence-corrected chi connectivity index (χ3v) is 2.67. The van der Waals surface area contributed by atoms with E-state index in [1.165, 1.54) is 5.56 Å². The van der Waals surface area contributed by atoms with Crippen molar-refractivity contribution in [2.75, 3.05) is 19.7 Å². The third kappa shape index (κ3) is 5.52. The van der Waals surface area contributed by atoms with Gasteiger partial charge in [-0.2, -0.15) is 0 Å². The Morgan fingerprint density at radius 3 is 2.56 bits per heavy atom. The van der Waals surface area contributed by atoms with Crippen LogP contribution in [0.3, 0.4) is 0 Å². The van der Waals surface area contributed by atoms with Crippen LogP contribution in [0, 0.1) is 0 Å². The summed E-state index contributed by atoms with van der Waals surface area (Å²) in [6, 6.07) is 8.14. The van der Waals surface area contributed by atoms with Gasteiger partial charge in [0.2, 0.25) is 0 Å². The van der Waals surface area contributed by atoms with Crippen LogP contribution in [-0.2, 0) is 6.54 Å². The van der Waals surface area contributed by atoms with E-state index in [9.17, 15) is 5.11 Å². The highest BCUT2D eigenvalue weighted by molar-refractivity contribution is 5.28. The first-order valence-electron chi connectivity index (χ1n) is 6.61. The molecule has 18 heavy (non-hydrogen) atoms. The smallest absolute Gasteiger partial charge is 0.119 e. The van der Waals surface area contributed by atoms with Crippen molar-refractivity contribution in [1.82, 2.24) is 4.90 Å². The maximum atomic E-state index is 9.87. The van der Waals surface area contributed by atoms with Crippen LogP contribution in [0.5, 0.6) is 5.75 Å². The van der Waals surface area contributed by atoms with Gasteiger partial charge in [-0.25, -0.2) is 0 Å². The largest absolute Gasteiger partial charge is 0.494 e. The summed E-state index contributed by atoms with van der Waals surface area (Å²) in [5.41, 5.74) is 0.556. The third-order valence-electron chi connectivity index (χ3n) is 2.67. The Morgan fingerprint density at radius 2 is 2.00 bits per heavy atom. The predicted octanol–water partition coefficient (Wildman–Crippen LogP) is 2.68. The molecule has 0 unspecified atom stereocenters. The zero-order valence-corrected chi connectivity index (χ0v) is 11.9. The van der Waals surface area contributed by atoms with Crippen LogP contribution in [0.1, 0.15) is 33.3 Å². The summed E-state index contributed by atoms with van der Waals surface area (Å²) in [5.74, 6) is 0.911. The molecule has 0 saturated heterocycles. The fourth-order valence-corrected chi connectivity index (χ4v) is 1.99. The van der Waals surface area contributed by atoms with E-state index in [2.05, 4.69) is 24.0 Å². The first-order valence-corrected chi connectivity index (χ1v) is 6.61. The number of likely N-dealkylation sites (N-methyl/N-ethyl adjacent to an activating group) is 1. The van der Waals surface area contributed by atoms with Gasteiger partial charge in [-0.05, 0) is 45.0 Å². The molecular formula is C15H25NO2. The van der Waals surface area contributed by atoms with Crippen LogP contribution in [0.4, 0.5) is 0 Å². The highest BCUT2D eigenvalue weighted by Gasteiger charge is 2.17. The van der Waals surface area contributed by atoms with Gasteiger partial charge in [0.25, 0.3) is 0 Å². The van der Waals surface area contributed by atoms with Crippen LogP contribution in [0.15, 0.2) is 24.3 Å². The van der Waals surface area contributed by atoms with Gasteiger partial charge < -0.3 is 9.84 Å². The lowest BCUT2D eigenvalue weighted by Crippen LogP contribution is -2.38. The molecule has 0 aliphatic carbocycles. The van der Waals surface area contributed by atoms with E-state index < -0.39 is 5.60 Å². The SMILES string of the molecule is CCOc1cccc(CN(CC)CC(C)(C)O)c1. The fourth-order valence-electron chi connectivity index (χ4n) is 1.99. The zero-order chi connectivity index (χ0) is 13.6. The van der Waals surface area contributed by atoms with Crippen LogP contribution < -0.4 is 4.74 Å². The Bertz CT molecular complexity index is 358. The minimum atomic E-state index is -0.659. The molecule has 0 aliphatic rings. The molecule has 0 atom stereocenters. The Kier molecular flexibility index (Phi) is 5.63. The molecule has 1 rings (SSSR count). The number of hydrogen-bond donors (Lipinski definition) is 1. The Hall–Kier alpha value is -1.06. The highest BCUT2D eigenvalue weighted by atomic mass is 16.5. The maximum absolute atomic E-state index is 9.87. The van der Waals surface area contributed by atoms with Crippen molar-refractivity contribution in [2.24, 2.45) is 0 Å². The van der Waals surface area contributed by atoms with E-state index in [0.717, 1.165) is 18.8 Å². The van der Waals surface area contributed by atoms with Crippen molar-refractivity contribution in [3.05, 3.63) is 29.8 Å². The van der Waals surface area contributed by atoms with Gasteiger partial charge >= 0.3 is 0 Å². The Balaban J connectivity index is 2.66. The van der Waals surface area contributed by atoms with Gasteiger partial charge in [0.15, 0.2) is 0 Å². The molecule has 0 bridgehead atoms. The van der Waals surface area contributed by atoms with Gasteiger partial charge in [-0.15, -0.1) is 0 Å². The van der Waals surface area contributed by atoms with Gasteiger partial charge in [0.1, 0.15) is 5.75 Å². The summed E-state index contributed by atoms with van der Waals surface area (Å²) in [7, 11) is 0. The summed E-state index contributed by atoms with van der Waals surface area (Å²) in [4.78, 5) is 2.23. The number of benzene rings is 1. The average Bonchev–Trinajstić information content (AvgIpc) is 2.27. The molecule has 102 valence electrons. The maximum Gasteiger partial charge on any atom is 0.119 e. The number of ether oxygens (including phenoxy) is 1. The molecule has 0 spiro atoms. The zero-order valence-electron chi connectivity index (χ0n) is 11.9. The minimum absolute atomic E-state index is 0.659. The molecule has 3 heteroatoms. The van der Waals surface area contributed by atoms with Crippen LogP contribution in [0.2, 0.25) is 0 Å². The molecule has 0 amide bonds. The lowest BCUT2D eigenvalue weighted by Gasteiger charge is -2.28. The minimum Gasteiger partial charge on any atom is -0.494 e. The van der Waals surface area contributed by atoms with Crippen molar-refractivity contribution < 1.29 is 9.84 Å². The van der Waals surface area contributed by atoms with E-state index in [1.54, 1.807) is 0 Å². The molecule has 1 N–H and O–H groups in total. The van der Waals surface area contributed by atoms with E-state index >= 15 is 0 Å². The van der Waals surface area contributed by atoms with Gasteiger partial charge in [-0.1, -0.05) is 19.1 Å². The molecule has 0 heterocycles. The molecule has 0 radical (unpaired) electrons. The number of aliphatic hydroxyl groups is 1. The van der Waals surface area contributed by atoms with Crippen molar-refractivity contribution in [3.8, 4) is 5.75 Å². The normalized spacial score (nSPS) is 11.9. The van der Waals surface area contributed by atoms with E-state index in [4.69, 9.17) is 4.74 Å². The molecule has 3 nitrogen and oxygen atoms in total. The molecule has 0 saturated carbocycles. The van der Waals surface area contributed by atoms with Crippen molar-refractivity contribution in [1.29, 1.82) is 0 Å². The van der Waals surface area contributed by atoms with E-state index in [-0.39, 0.29) is 0 Å². The van der Waals surface area contributed by atoms with Gasteiger partial charge in [0.05, 0.1) is 12.2 Å². The highest BCUT2D eigenvalue weighted by Crippen LogP contribution is 2.16. The predicted molar refractivity (Wildman–Crippen MR) is 74.9 cm³/mol. The number of rotatable bonds is 7. The van der Waals surface area contributed by atoms with Crippen molar-refractivity contribution in [2.45, 2.75) is 39.8 Å².